The van der Waals surface area contributed by atoms with Crippen LogP contribution in [0.1, 0.15) is 36.2 Å². The van der Waals surface area contributed by atoms with Gasteiger partial charge in [0.1, 0.15) is 11.6 Å². The molecular weight excluding hydrogens is 336 g/mol. The van der Waals surface area contributed by atoms with Gasteiger partial charge in [-0.1, -0.05) is 29.8 Å². The van der Waals surface area contributed by atoms with Crippen molar-refractivity contribution in [3.05, 3.63) is 53.5 Å². The molecule has 1 fully saturated rings. The van der Waals surface area contributed by atoms with Crippen molar-refractivity contribution in [3.8, 4) is 0 Å². The summed E-state index contributed by atoms with van der Waals surface area (Å²) in [6, 6.07) is 9.38. The van der Waals surface area contributed by atoms with Crippen LogP contribution in [0.3, 0.4) is 0 Å². The Morgan fingerprint density at radius 3 is 2.52 bits per heavy atom. The lowest BCUT2D eigenvalue weighted by Crippen LogP contribution is -2.31. The molecular formula is C18H24N4O2S. The van der Waals surface area contributed by atoms with E-state index in [2.05, 4.69) is 19.6 Å². The standard InChI is InChI=1S/C18H24N4O2S/c1-15-5-7-16(8-6-15)14-25(23,24)20-13-17-19-10-9-18(21-17)22-11-3-2-4-12-22/h5-10,20H,2-4,11-14H2,1H3. The largest absolute Gasteiger partial charge is 0.357 e. The molecule has 1 saturated heterocycles. The third kappa shape index (κ3) is 5.24. The minimum atomic E-state index is -3.43. The van der Waals surface area contributed by atoms with E-state index in [0.717, 1.165) is 30.0 Å². The molecule has 0 amide bonds. The van der Waals surface area contributed by atoms with Crippen molar-refractivity contribution in [2.45, 2.75) is 38.5 Å². The quantitative estimate of drug-likeness (QED) is 0.856. The van der Waals surface area contributed by atoms with Crippen LogP contribution in [0.25, 0.3) is 0 Å². The highest BCUT2D eigenvalue weighted by Gasteiger charge is 2.15. The summed E-state index contributed by atoms with van der Waals surface area (Å²) < 4.78 is 27.1. The van der Waals surface area contributed by atoms with Crippen LogP contribution in [0, 0.1) is 6.92 Å². The summed E-state index contributed by atoms with van der Waals surface area (Å²) in [5.74, 6) is 1.33. The third-order valence-electron chi connectivity index (χ3n) is 4.30. The first kappa shape index (κ1) is 17.8. The Kier molecular flexibility index (Phi) is 5.65. The van der Waals surface area contributed by atoms with Crippen molar-refractivity contribution in [1.29, 1.82) is 0 Å². The Bertz CT molecular complexity index is 800. The van der Waals surface area contributed by atoms with E-state index in [1.54, 1.807) is 6.20 Å². The molecule has 25 heavy (non-hydrogen) atoms. The van der Waals surface area contributed by atoms with Gasteiger partial charge in [-0.05, 0) is 37.8 Å². The second kappa shape index (κ2) is 7.93. The number of aromatic nitrogens is 2. The van der Waals surface area contributed by atoms with E-state index in [-0.39, 0.29) is 12.3 Å². The molecule has 0 saturated carbocycles. The number of nitrogens with zero attached hydrogens (tertiary/aromatic N) is 3. The van der Waals surface area contributed by atoms with Gasteiger partial charge in [-0.3, -0.25) is 0 Å². The molecule has 1 aromatic heterocycles. The van der Waals surface area contributed by atoms with E-state index in [0.29, 0.717) is 5.82 Å². The van der Waals surface area contributed by atoms with Gasteiger partial charge in [-0.25, -0.2) is 23.1 Å². The molecule has 0 aliphatic carbocycles. The molecule has 3 rings (SSSR count). The summed E-state index contributed by atoms with van der Waals surface area (Å²) >= 11 is 0. The number of piperidine rings is 1. The number of hydrogen-bond acceptors (Lipinski definition) is 5. The fourth-order valence-electron chi connectivity index (χ4n) is 2.90. The summed E-state index contributed by atoms with van der Waals surface area (Å²) in [6.45, 7) is 4.07. The van der Waals surface area contributed by atoms with Crippen LogP contribution in [0.5, 0.6) is 0 Å². The highest BCUT2D eigenvalue weighted by molar-refractivity contribution is 7.88. The highest BCUT2D eigenvalue weighted by atomic mass is 32.2. The molecule has 6 nitrogen and oxygen atoms in total. The normalized spacial score (nSPS) is 15.3. The highest BCUT2D eigenvalue weighted by Crippen LogP contribution is 2.17. The summed E-state index contributed by atoms with van der Waals surface area (Å²) in [4.78, 5) is 10.9. The van der Waals surface area contributed by atoms with Gasteiger partial charge in [0, 0.05) is 19.3 Å². The summed E-state index contributed by atoms with van der Waals surface area (Å²) in [5.41, 5.74) is 1.87. The van der Waals surface area contributed by atoms with Gasteiger partial charge < -0.3 is 4.90 Å². The minimum absolute atomic E-state index is 0.0426. The zero-order chi connectivity index (χ0) is 17.7. The molecule has 1 N–H and O–H groups in total. The smallest absolute Gasteiger partial charge is 0.216 e. The molecule has 7 heteroatoms. The molecule has 0 spiro atoms. The van der Waals surface area contributed by atoms with Crippen molar-refractivity contribution in [3.63, 3.8) is 0 Å². The predicted molar refractivity (Wildman–Crippen MR) is 98.7 cm³/mol. The zero-order valence-corrected chi connectivity index (χ0v) is 15.3. The Morgan fingerprint density at radius 1 is 1.08 bits per heavy atom. The van der Waals surface area contributed by atoms with Crippen LogP contribution in [0.4, 0.5) is 5.82 Å². The van der Waals surface area contributed by atoms with Gasteiger partial charge in [0.05, 0.1) is 12.3 Å². The van der Waals surface area contributed by atoms with Crippen molar-refractivity contribution in [1.82, 2.24) is 14.7 Å². The van der Waals surface area contributed by atoms with Crippen LogP contribution in [0.15, 0.2) is 36.5 Å². The zero-order valence-electron chi connectivity index (χ0n) is 14.5. The fourth-order valence-corrected chi connectivity index (χ4v) is 3.98. The van der Waals surface area contributed by atoms with Crippen LogP contribution in [-0.2, 0) is 22.3 Å². The van der Waals surface area contributed by atoms with E-state index in [4.69, 9.17) is 0 Å². The first-order chi connectivity index (χ1) is 12.0. The van der Waals surface area contributed by atoms with Crippen molar-refractivity contribution < 1.29 is 8.42 Å². The Morgan fingerprint density at radius 2 is 1.80 bits per heavy atom. The first-order valence-corrected chi connectivity index (χ1v) is 10.3. The number of aryl methyl sites for hydroxylation is 1. The van der Waals surface area contributed by atoms with Crippen molar-refractivity contribution in [2.75, 3.05) is 18.0 Å². The fraction of sp³-hybridized carbons (Fsp3) is 0.444. The summed E-state index contributed by atoms with van der Waals surface area (Å²) in [5, 5.41) is 0. The van der Waals surface area contributed by atoms with Crippen molar-refractivity contribution in [2.24, 2.45) is 0 Å². The van der Waals surface area contributed by atoms with Crippen LogP contribution in [-0.4, -0.2) is 31.5 Å². The second-order valence-electron chi connectivity index (χ2n) is 6.44. The molecule has 0 atom stereocenters. The maximum atomic E-state index is 12.3. The maximum Gasteiger partial charge on any atom is 0.216 e. The van der Waals surface area contributed by atoms with E-state index in [9.17, 15) is 8.42 Å². The number of rotatable bonds is 6. The molecule has 1 aliphatic rings. The van der Waals surface area contributed by atoms with Gasteiger partial charge in [0.15, 0.2) is 0 Å². The molecule has 2 heterocycles. The molecule has 2 aromatic rings. The van der Waals surface area contributed by atoms with Crippen LogP contribution >= 0.6 is 0 Å². The molecule has 0 unspecified atom stereocenters. The van der Waals surface area contributed by atoms with Gasteiger partial charge >= 0.3 is 0 Å². The number of sulfonamides is 1. The predicted octanol–water partition coefficient (Wildman–Crippen LogP) is 2.39. The number of nitrogens with one attached hydrogen (secondary N) is 1. The second-order valence-corrected chi connectivity index (χ2v) is 8.25. The lowest BCUT2D eigenvalue weighted by Gasteiger charge is -2.27. The monoisotopic (exact) mass is 360 g/mol. The van der Waals surface area contributed by atoms with Gasteiger partial charge in [0.2, 0.25) is 10.0 Å². The van der Waals surface area contributed by atoms with Crippen LogP contribution in [0.2, 0.25) is 0 Å². The summed E-state index contributed by atoms with van der Waals surface area (Å²) in [6.07, 6.45) is 5.29. The Hall–Kier alpha value is -1.99. The molecule has 1 aromatic carbocycles. The first-order valence-electron chi connectivity index (χ1n) is 8.62. The van der Waals surface area contributed by atoms with E-state index in [1.165, 1.54) is 19.3 Å². The maximum absolute atomic E-state index is 12.3. The van der Waals surface area contributed by atoms with Crippen molar-refractivity contribution >= 4 is 15.8 Å². The van der Waals surface area contributed by atoms with Gasteiger partial charge in [0.25, 0.3) is 0 Å². The van der Waals surface area contributed by atoms with Gasteiger partial charge in [-0.15, -0.1) is 0 Å². The SMILES string of the molecule is Cc1ccc(CS(=O)(=O)NCc2nccc(N3CCCCC3)n2)cc1. The topological polar surface area (TPSA) is 75.2 Å². The molecule has 0 radical (unpaired) electrons. The van der Waals surface area contributed by atoms with E-state index < -0.39 is 10.0 Å². The average Bonchev–Trinajstić information content (AvgIpc) is 2.63. The van der Waals surface area contributed by atoms with Gasteiger partial charge in [-0.2, -0.15) is 0 Å². The number of anilines is 1. The van der Waals surface area contributed by atoms with Crippen LogP contribution < -0.4 is 9.62 Å². The Balaban J connectivity index is 1.61. The number of hydrogen-bond donors (Lipinski definition) is 1. The molecule has 0 bridgehead atoms. The van der Waals surface area contributed by atoms with E-state index in [1.807, 2.05) is 37.3 Å². The average molecular weight is 360 g/mol. The molecule has 134 valence electrons. The number of benzene rings is 1. The molecule has 1 aliphatic heterocycles. The third-order valence-corrected chi connectivity index (χ3v) is 5.60. The summed E-state index contributed by atoms with van der Waals surface area (Å²) in [7, 11) is -3.43. The lowest BCUT2D eigenvalue weighted by molar-refractivity contribution is 0.569. The van der Waals surface area contributed by atoms with E-state index >= 15 is 0 Å². The lowest BCUT2D eigenvalue weighted by atomic mass is 10.1. The minimum Gasteiger partial charge on any atom is -0.357 e. The Labute approximate surface area is 149 Å².